The predicted octanol–water partition coefficient (Wildman–Crippen LogP) is 2.43. The van der Waals surface area contributed by atoms with Gasteiger partial charge in [-0.05, 0) is 0 Å². The van der Waals surface area contributed by atoms with Gasteiger partial charge in [0.05, 0.1) is 0 Å². The molecule has 0 N–H and O–H groups in total. The van der Waals surface area contributed by atoms with E-state index in [-0.39, 0.29) is 0 Å². The first-order valence-corrected chi connectivity index (χ1v) is 10.5. The Hall–Kier alpha value is 0.0187. The van der Waals surface area contributed by atoms with E-state index in [2.05, 4.69) is 42.2 Å². The van der Waals surface area contributed by atoms with Gasteiger partial charge in [0.1, 0.15) is 0 Å². The second kappa shape index (κ2) is 4.81. The van der Waals surface area contributed by atoms with Crippen molar-refractivity contribution in [2.45, 2.75) is 22.7 Å². The first-order valence-electron chi connectivity index (χ1n) is 4.22. The van der Waals surface area contributed by atoms with Crippen LogP contribution in [0.1, 0.15) is 13.3 Å². The minimum atomic E-state index is -1.09. The molecule has 0 nitrogen and oxygen atoms in total. The van der Waals surface area contributed by atoms with Crippen molar-refractivity contribution in [3.8, 4) is 0 Å². The molecule has 1 radical (unpaired) electrons. The number of hydrogen-bond donors (Lipinski definition) is 0. The monoisotopic (exact) mass is 255 g/mol. The minimum absolute atomic E-state index is 1.09. The van der Waals surface area contributed by atoms with Crippen molar-refractivity contribution < 1.29 is 0 Å². The van der Waals surface area contributed by atoms with Crippen LogP contribution >= 0.6 is 0 Å². The zero-order valence-corrected chi connectivity index (χ0v) is 10.2. The molecule has 0 saturated heterocycles. The normalized spacial score (nSPS) is 10.5. The zero-order chi connectivity index (χ0) is 8.10. The predicted molar refractivity (Wildman–Crippen MR) is 52.8 cm³/mol. The van der Waals surface area contributed by atoms with E-state index in [1.165, 1.54) is 10.9 Å². The van der Waals surface area contributed by atoms with Gasteiger partial charge in [0.15, 0.2) is 0 Å². The van der Waals surface area contributed by atoms with Crippen LogP contribution in [0.15, 0.2) is 30.3 Å². The topological polar surface area (TPSA) is 0 Å². The van der Waals surface area contributed by atoms with Gasteiger partial charge in [-0.15, -0.1) is 0 Å². The molecule has 0 heterocycles. The average Bonchev–Trinajstić information content (AvgIpc) is 2.07. The Morgan fingerprint density at radius 3 is 2.36 bits per heavy atom. The number of hydrogen-bond acceptors (Lipinski definition) is 0. The van der Waals surface area contributed by atoms with E-state index >= 15 is 0 Å². The van der Waals surface area contributed by atoms with E-state index in [1.807, 2.05) is 0 Å². The molecule has 59 valence electrons. The van der Waals surface area contributed by atoms with Crippen LogP contribution < -0.4 is 3.58 Å². The van der Waals surface area contributed by atoms with Gasteiger partial charge in [-0.1, -0.05) is 0 Å². The van der Waals surface area contributed by atoms with E-state index < -0.39 is 19.8 Å². The quantitative estimate of drug-likeness (QED) is 0.726. The third-order valence-electron chi connectivity index (χ3n) is 1.89. The summed E-state index contributed by atoms with van der Waals surface area (Å²) >= 11 is -1.09. The fourth-order valence-corrected chi connectivity index (χ4v) is 6.38. The molecule has 0 aliphatic heterocycles. The van der Waals surface area contributed by atoms with Gasteiger partial charge in [0.2, 0.25) is 0 Å². The van der Waals surface area contributed by atoms with Gasteiger partial charge in [0.25, 0.3) is 0 Å². The Kier molecular flexibility index (Phi) is 3.98. The molecule has 1 aromatic rings. The summed E-state index contributed by atoms with van der Waals surface area (Å²) in [5.41, 5.74) is 0. The Balaban J connectivity index is 2.61. The fourth-order valence-electron chi connectivity index (χ4n) is 1.24. The Morgan fingerprint density at radius 1 is 1.18 bits per heavy atom. The zero-order valence-electron chi connectivity index (χ0n) is 7.30. The first-order chi connectivity index (χ1) is 5.34. The average molecular weight is 254 g/mol. The molecule has 0 aromatic heterocycles. The second-order valence-electron chi connectivity index (χ2n) is 2.90. The summed E-state index contributed by atoms with van der Waals surface area (Å²) in [4.78, 5) is 2.49. The van der Waals surface area contributed by atoms with Crippen molar-refractivity contribution in [1.82, 2.24) is 0 Å². The summed E-state index contributed by atoms with van der Waals surface area (Å²) in [6.45, 7) is 2.28. The van der Waals surface area contributed by atoms with Crippen LogP contribution in [0.4, 0.5) is 0 Å². The van der Waals surface area contributed by atoms with Gasteiger partial charge < -0.3 is 0 Å². The van der Waals surface area contributed by atoms with Crippen molar-refractivity contribution in [1.29, 1.82) is 0 Å². The van der Waals surface area contributed by atoms with E-state index in [9.17, 15) is 0 Å². The van der Waals surface area contributed by atoms with E-state index in [0.717, 1.165) is 0 Å². The van der Waals surface area contributed by atoms with Crippen LogP contribution in [-0.4, -0.2) is 19.8 Å². The van der Waals surface area contributed by atoms with Crippen LogP contribution in [0, 0.1) is 0 Å². The molecule has 1 rings (SSSR count). The Labute approximate surface area is 76.4 Å². The van der Waals surface area contributed by atoms with Crippen molar-refractivity contribution in [2.24, 2.45) is 0 Å². The fraction of sp³-hybridized carbons (Fsp3) is 0.400. The van der Waals surface area contributed by atoms with E-state index in [4.69, 9.17) is 0 Å². The van der Waals surface area contributed by atoms with Crippen molar-refractivity contribution in [3.63, 3.8) is 0 Å². The van der Waals surface area contributed by atoms with E-state index in [0.29, 0.717) is 0 Å². The molecule has 0 fully saturated rings. The maximum absolute atomic E-state index is 2.49. The Bertz CT molecular complexity index is 193. The molecular weight excluding hydrogens is 239 g/mol. The number of benzene rings is 1. The molecule has 0 atom stereocenters. The van der Waals surface area contributed by atoms with Crippen LogP contribution in [0.2, 0.25) is 9.38 Å². The Morgan fingerprint density at radius 2 is 1.82 bits per heavy atom. The van der Waals surface area contributed by atoms with Crippen LogP contribution in [0.5, 0.6) is 0 Å². The summed E-state index contributed by atoms with van der Waals surface area (Å²) in [5.74, 6) is 0. The molecule has 0 amide bonds. The van der Waals surface area contributed by atoms with Gasteiger partial charge in [-0.3, -0.25) is 0 Å². The van der Waals surface area contributed by atoms with Gasteiger partial charge in [-0.25, -0.2) is 0 Å². The second-order valence-corrected chi connectivity index (χ2v) is 10.4. The molecule has 0 unspecified atom stereocenters. The molecule has 0 aliphatic carbocycles. The molecule has 1 heteroatoms. The van der Waals surface area contributed by atoms with Crippen LogP contribution in [0.3, 0.4) is 0 Å². The van der Waals surface area contributed by atoms with Crippen molar-refractivity contribution in [2.75, 3.05) is 0 Å². The summed E-state index contributed by atoms with van der Waals surface area (Å²) in [7, 11) is 0. The molecule has 0 saturated carbocycles. The van der Waals surface area contributed by atoms with Crippen molar-refractivity contribution in [3.05, 3.63) is 30.3 Å². The summed E-state index contributed by atoms with van der Waals surface area (Å²) in [5, 5.41) is 0. The number of rotatable bonds is 3. The van der Waals surface area contributed by atoms with E-state index in [1.54, 1.807) is 3.58 Å². The SMILES string of the molecule is CC[CH2][Sn]([CH3])[c]1ccccc1. The summed E-state index contributed by atoms with van der Waals surface area (Å²) in [6.07, 6.45) is 1.36. The summed E-state index contributed by atoms with van der Waals surface area (Å²) < 4.78 is 3.16. The van der Waals surface area contributed by atoms with Crippen LogP contribution in [0.25, 0.3) is 0 Å². The standard InChI is InChI=1S/C6H5.C3H7.CH3.Sn/c1-2-4-6-5-3-1;1-3-2;;/h1-5H;1,3H2,2H3;1H3;. The molecule has 11 heavy (non-hydrogen) atoms. The van der Waals surface area contributed by atoms with Gasteiger partial charge in [-0.2, -0.15) is 0 Å². The van der Waals surface area contributed by atoms with Crippen LogP contribution in [-0.2, 0) is 0 Å². The molecule has 1 aromatic carbocycles. The molecule has 0 spiro atoms. The summed E-state index contributed by atoms with van der Waals surface area (Å²) in [6, 6.07) is 11.0. The maximum atomic E-state index is 2.49. The third-order valence-corrected chi connectivity index (χ3v) is 9.22. The molecule has 0 bridgehead atoms. The van der Waals surface area contributed by atoms with Gasteiger partial charge in [0, 0.05) is 0 Å². The molecular formula is C10H15Sn. The third kappa shape index (κ3) is 2.86. The first kappa shape index (κ1) is 9.11. The molecule has 0 aliphatic rings. The van der Waals surface area contributed by atoms with Gasteiger partial charge >= 0.3 is 76.4 Å². The van der Waals surface area contributed by atoms with Crippen molar-refractivity contribution >= 4 is 23.3 Å².